The molecular weight excluding hydrogens is 303 g/mol. The Morgan fingerprint density at radius 1 is 1.32 bits per heavy atom. The van der Waals surface area contributed by atoms with Gasteiger partial charge in [0.05, 0.1) is 12.5 Å². The molecule has 1 aromatic heterocycles. The number of hydrogen-bond acceptors (Lipinski definition) is 3. The van der Waals surface area contributed by atoms with Gasteiger partial charge in [0.2, 0.25) is 11.8 Å². The summed E-state index contributed by atoms with van der Waals surface area (Å²) in [5.41, 5.74) is 0.625. The lowest BCUT2D eigenvalue weighted by Gasteiger charge is -2.16. The van der Waals surface area contributed by atoms with Crippen LogP contribution >= 0.6 is 11.3 Å². The second-order valence-electron chi connectivity index (χ2n) is 5.18. The average molecular weight is 318 g/mol. The first-order chi connectivity index (χ1) is 10.6. The number of carbonyl (C=O) groups excluding carboxylic acids is 2. The van der Waals surface area contributed by atoms with Crippen molar-refractivity contribution in [1.82, 2.24) is 5.32 Å². The van der Waals surface area contributed by atoms with Gasteiger partial charge in [-0.15, -0.1) is 11.3 Å². The molecule has 1 N–H and O–H groups in total. The Labute approximate surface area is 131 Å². The zero-order valence-electron chi connectivity index (χ0n) is 11.8. The van der Waals surface area contributed by atoms with Gasteiger partial charge in [-0.3, -0.25) is 9.59 Å². The van der Waals surface area contributed by atoms with Gasteiger partial charge in [-0.1, -0.05) is 6.07 Å². The molecule has 2 amide bonds. The van der Waals surface area contributed by atoms with Crippen molar-refractivity contribution in [3.63, 3.8) is 0 Å². The minimum atomic E-state index is -0.363. The first-order valence-corrected chi connectivity index (χ1v) is 7.87. The number of amides is 2. The zero-order chi connectivity index (χ0) is 15.5. The smallest absolute Gasteiger partial charge is 0.227 e. The Bertz CT molecular complexity index is 670. The molecule has 2 aromatic rings. The summed E-state index contributed by atoms with van der Waals surface area (Å²) >= 11 is 1.58. The highest BCUT2D eigenvalue weighted by atomic mass is 32.1. The third-order valence-electron chi connectivity index (χ3n) is 3.65. The van der Waals surface area contributed by atoms with Gasteiger partial charge in [-0.2, -0.15) is 0 Å². The van der Waals surface area contributed by atoms with E-state index in [1.165, 1.54) is 17.0 Å². The molecule has 0 spiro atoms. The van der Waals surface area contributed by atoms with Gasteiger partial charge in [-0.25, -0.2) is 4.39 Å². The average Bonchev–Trinajstić information content (AvgIpc) is 3.15. The summed E-state index contributed by atoms with van der Waals surface area (Å²) in [4.78, 5) is 26.8. The van der Waals surface area contributed by atoms with E-state index in [-0.39, 0.29) is 30.0 Å². The first-order valence-electron chi connectivity index (χ1n) is 6.99. The van der Waals surface area contributed by atoms with Gasteiger partial charge in [0.25, 0.3) is 0 Å². The lowest BCUT2D eigenvalue weighted by Crippen LogP contribution is -2.32. The van der Waals surface area contributed by atoms with Crippen LogP contribution in [-0.4, -0.2) is 18.4 Å². The molecule has 1 atom stereocenters. The van der Waals surface area contributed by atoms with E-state index >= 15 is 0 Å². The van der Waals surface area contributed by atoms with Crippen LogP contribution in [0.2, 0.25) is 0 Å². The van der Waals surface area contributed by atoms with Gasteiger partial charge in [0.15, 0.2) is 0 Å². The number of hydrogen-bond donors (Lipinski definition) is 1. The van der Waals surface area contributed by atoms with E-state index in [9.17, 15) is 14.0 Å². The highest BCUT2D eigenvalue weighted by Gasteiger charge is 2.34. The number of nitrogens with zero attached hydrogens (tertiary/aromatic N) is 1. The largest absolute Gasteiger partial charge is 0.351 e. The molecular formula is C16H15FN2O2S. The topological polar surface area (TPSA) is 49.4 Å². The van der Waals surface area contributed by atoms with Crippen molar-refractivity contribution in [3.8, 4) is 0 Å². The van der Waals surface area contributed by atoms with E-state index in [0.717, 1.165) is 4.88 Å². The summed E-state index contributed by atoms with van der Waals surface area (Å²) in [5, 5.41) is 4.82. The Balaban J connectivity index is 1.61. The quantitative estimate of drug-likeness (QED) is 0.942. The lowest BCUT2D eigenvalue weighted by molar-refractivity contribution is -0.126. The molecule has 1 aliphatic rings. The fourth-order valence-corrected chi connectivity index (χ4v) is 3.13. The van der Waals surface area contributed by atoms with E-state index in [4.69, 9.17) is 0 Å². The maximum Gasteiger partial charge on any atom is 0.227 e. The van der Waals surface area contributed by atoms with Crippen LogP contribution in [0.25, 0.3) is 0 Å². The van der Waals surface area contributed by atoms with E-state index in [1.807, 2.05) is 17.5 Å². The van der Waals surface area contributed by atoms with Crippen molar-refractivity contribution >= 4 is 28.8 Å². The molecule has 0 bridgehead atoms. The molecule has 4 nitrogen and oxygen atoms in total. The van der Waals surface area contributed by atoms with Gasteiger partial charge in [0, 0.05) is 23.5 Å². The van der Waals surface area contributed by atoms with Crippen LogP contribution < -0.4 is 10.2 Å². The van der Waals surface area contributed by atoms with Gasteiger partial charge >= 0.3 is 0 Å². The van der Waals surface area contributed by atoms with Gasteiger partial charge in [-0.05, 0) is 35.7 Å². The predicted octanol–water partition coefficient (Wildman–Crippen LogP) is 2.56. The molecule has 0 radical (unpaired) electrons. The third kappa shape index (κ3) is 3.17. The number of rotatable bonds is 4. The van der Waals surface area contributed by atoms with Gasteiger partial charge in [0.1, 0.15) is 5.82 Å². The normalized spacial score (nSPS) is 17.8. The number of halogens is 1. The van der Waals surface area contributed by atoms with Crippen LogP contribution in [0.3, 0.4) is 0 Å². The molecule has 6 heteroatoms. The minimum absolute atomic E-state index is 0.108. The van der Waals surface area contributed by atoms with Crippen molar-refractivity contribution in [3.05, 3.63) is 52.5 Å². The second-order valence-corrected chi connectivity index (χ2v) is 6.21. The summed E-state index contributed by atoms with van der Waals surface area (Å²) in [6, 6.07) is 9.62. The van der Waals surface area contributed by atoms with Crippen molar-refractivity contribution in [2.24, 2.45) is 5.92 Å². The van der Waals surface area contributed by atoms with E-state index in [0.29, 0.717) is 18.8 Å². The van der Waals surface area contributed by atoms with Gasteiger partial charge < -0.3 is 10.2 Å². The molecule has 2 heterocycles. The Morgan fingerprint density at radius 3 is 2.77 bits per heavy atom. The molecule has 1 fully saturated rings. The molecule has 114 valence electrons. The fourth-order valence-electron chi connectivity index (χ4n) is 2.49. The maximum atomic E-state index is 12.9. The highest BCUT2D eigenvalue weighted by molar-refractivity contribution is 7.09. The van der Waals surface area contributed by atoms with Crippen LogP contribution in [0.15, 0.2) is 41.8 Å². The monoisotopic (exact) mass is 318 g/mol. The van der Waals surface area contributed by atoms with E-state index < -0.39 is 0 Å². The fraction of sp³-hybridized carbons (Fsp3) is 0.250. The number of carbonyl (C=O) groups is 2. The van der Waals surface area contributed by atoms with Crippen LogP contribution in [0.5, 0.6) is 0 Å². The molecule has 22 heavy (non-hydrogen) atoms. The first kappa shape index (κ1) is 14.7. The van der Waals surface area contributed by atoms with Crippen molar-refractivity contribution < 1.29 is 14.0 Å². The number of anilines is 1. The Morgan fingerprint density at radius 2 is 2.09 bits per heavy atom. The van der Waals surface area contributed by atoms with Crippen molar-refractivity contribution in [1.29, 1.82) is 0 Å². The molecule has 3 rings (SSSR count). The summed E-state index contributed by atoms with van der Waals surface area (Å²) in [6.45, 7) is 0.818. The molecule has 1 saturated heterocycles. The standard InChI is InChI=1S/C16H15FN2O2S/c17-12-3-5-13(6-4-12)19-10-11(8-15(19)20)16(21)18-9-14-2-1-7-22-14/h1-7,11H,8-10H2,(H,18,21)/t11-/m0/s1. The van der Waals surface area contributed by atoms with Crippen LogP contribution in [0.1, 0.15) is 11.3 Å². The third-order valence-corrected chi connectivity index (χ3v) is 4.53. The maximum absolute atomic E-state index is 12.9. The summed E-state index contributed by atoms with van der Waals surface area (Å²) < 4.78 is 12.9. The van der Waals surface area contributed by atoms with E-state index in [2.05, 4.69) is 5.32 Å². The summed E-state index contributed by atoms with van der Waals surface area (Å²) in [6.07, 6.45) is 0.188. The minimum Gasteiger partial charge on any atom is -0.351 e. The second kappa shape index (κ2) is 6.27. The summed E-state index contributed by atoms with van der Waals surface area (Å²) in [7, 11) is 0. The highest BCUT2D eigenvalue weighted by Crippen LogP contribution is 2.25. The van der Waals surface area contributed by atoms with Crippen LogP contribution in [0, 0.1) is 11.7 Å². The molecule has 0 aliphatic carbocycles. The van der Waals surface area contributed by atoms with E-state index in [1.54, 1.807) is 23.5 Å². The Kier molecular flexibility index (Phi) is 4.20. The molecule has 0 unspecified atom stereocenters. The van der Waals surface area contributed by atoms with Crippen molar-refractivity contribution in [2.45, 2.75) is 13.0 Å². The van der Waals surface area contributed by atoms with Crippen molar-refractivity contribution in [2.75, 3.05) is 11.4 Å². The predicted molar refractivity (Wildman–Crippen MR) is 83.0 cm³/mol. The number of nitrogens with one attached hydrogen (secondary N) is 1. The molecule has 0 saturated carbocycles. The molecule has 1 aliphatic heterocycles. The summed E-state index contributed by atoms with van der Waals surface area (Å²) in [5.74, 6) is -0.938. The molecule has 1 aromatic carbocycles. The van der Waals surface area contributed by atoms with Crippen LogP contribution in [-0.2, 0) is 16.1 Å². The SMILES string of the molecule is O=C(NCc1cccs1)[C@H]1CC(=O)N(c2ccc(F)cc2)C1. The lowest BCUT2D eigenvalue weighted by atomic mass is 10.1. The zero-order valence-corrected chi connectivity index (χ0v) is 12.6. The van der Waals surface area contributed by atoms with Crippen LogP contribution in [0.4, 0.5) is 10.1 Å². The number of benzene rings is 1. The number of thiophene rings is 1. The Hall–Kier alpha value is -2.21.